The van der Waals surface area contributed by atoms with Gasteiger partial charge in [-0.05, 0) is 18.2 Å². The van der Waals surface area contributed by atoms with Crippen LogP contribution in [-0.2, 0) is 10.2 Å². The van der Waals surface area contributed by atoms with Gasteiger partial charge in [0.25, 0.3) is 10.2 Å². The quantitative estimate of drug-likeness (QED) is 0.852. The van der Waals surface area contributed by atoms with Gasteiger partial charge in [-0.2, -0.15) is 17.0 Å². The van der Waals surface area contributed by atoms with Crippen LogP contribution in [0.1, 0.15) is 0 Å². The first-order chi connectivity index (χ1) is 10.5. The van der Waals surface area contributed by atoms with Crippen LogP contribution in [0.15, 0.2) is 36.4 Å². The fourth-order valence-corrected chi connectivity index (χ4v) is 3.70. The van der Waals surface area contributed by atoms with Crippen LogP contribution in [0, 0.1) is 0 Å². The van der Waals surface area contributed by atoms with Gasteiger partial charge in [0.1, 0.15) is 5.82 Å². The zero-order valence-electron chi connectivity index (χ0n) is 12.8. The second-order valence-electron chi connectivity index (χ2n) is 5.54. The molecule has 118 valence electrons. The van der Waals surface area contributed by atoms with E-state index >= 15 is 0 Å². The number of piperazine rings is 1. The van der Waals surface area contributed by atoms with Crippen molar-refractivity contribution in [2.75, 3.05) is 45.2 Å². The van der Waals surface area contributed by atoms with Crippen molar-refractivity contribution in [3.05, 3.63) is 36.4 Å². The van der Waals surface area contributed by atoms with Gasteiger partial charge in [0, 0.05) is 45.7 Å². The van der Waals surface area contributed by atoms with Crippen molar-refractivity contribution in [1.82, 2.24) is 13.6 Å². The van der Waals surface area contributed by atoms with Gasteiger partial charge in [-0.25, -0.2) is 4.98 Å². The summed E-state index contributed by atoms with van der Waals surface area (Å²) in [5.41, 5.74) is 0.961. The number of benzene rings is 1. The van der Waals surface area contributed by atoms with Crippen LogP contribution in [0.3, 0.4) is 0 Å². The molecule has 22 heavy (non-hydrogen) atoms. The normalized spacial score (nSPS) is 17.3. The molecule has 1 aliphatic heterocycles. The highest BCUT2D eigenvalue weighted by molar-refractivity contribution is 7.86. The third kappa shape index (κ3) is 2.79. The van der Waals surface area contributed by atoms with Crippen LogP contribution >= 0.6 is 0 Å². The van der Waals surface area contributed by atoms with Crippen LogP contribution < -0.4 is 4.90 Å². The van der Waals surface area contributed by atoms with E-state index in [0.29, 0.717) is 26.2 Å². The van der Waals surface area contributed by atoms with Gasteiger partial charge in [0.15, 0.2) is 0 Å². The van der Waals surface area contributed by atoms with Gasteiger partial charge in [-0.1, -0.05) is 18.2 Å². The molecule has 0 amide bonds. The number of fused-ring (bicyclic) bond motifs is 1. The molecule has 1 saturated heterocycles. The first-order valence-electron chi connectivity index (χ1n) is 7.27. The maximum absolute atomic E-state index is 12.1. The van der Waals surface area contributed by atoms with Gasteiger partial charge in [0.2, 0.25) is 0 Å². The lowest BCUT2D eigenvalue weighted by Gasteiger charge is -2.35. The summed E-state index contributed by atoms with van der Waals surface area (Å²) in [6.45, 7) is 2.26. The van der Waals surface area contributed by atoms with Gasteiger partial charge in [-0.3, -0.25) is 0 Å². The summed E-state index contributed by atoms with van der Waals surface area (Å²) in [4.78, 5) is 6.80. The second-order valence-corrected chi connectivity index (χ2v) is 7.68. The lowest BCUT2D eigenvalue weighted by molar-refractivity contribution is 0.355. The molecule has 3 rings (SSSR count). The third-order valence-corrected chi connectivity index (χ3v) is 5.87. The zero-order valence-corrected chi connectivity index (χ0v) is 13.6. The predicted molar refractivity (Wildman–Crippen MR) is 88.1 cm³/mol. The Morgan fingerprint density at radius 1 is 1.00 bits per heavy atom. The minimum absolute atomic E-state index is 0.481. The highest BCUT2D eigenvalue weighted by Crippen LogP contribution is 2.20. The molecule has 0 bridgehead atoms. The number of para-hydroxylation sites is 1. The van der Waals surface area contributed by atoms with Crippen molar-refractivity contribution in [2.45, 2.75) is 0 Å². The topological polar surface area (TPSA) is 56.8 Å². The van der Waals surface area contributed by atoms with Crippen molar-refractivity contribution in [2.24, 2.45) is 0 Å². The summed E-state index contributed by atoms with van der Waals surface area (Å²) in [5.74, 6) is 0.903. The van der Waals surface area contributed by atoms with Crippen molar-refractivity contribution in [3.63, 3.8) is 0 Å². The molecule has 0 saturated carbocycles. The Balaban J connectivity index is 1.75. The van der Waals surface area contributed by atoms with E-state index < -0.39 is 10.2 Å². The standard InChI is InChI=1S/C15H20N4O2S/c1-17(2)22(20,21)19-11-9-18(10-12-19)15-8-7-13-5-3-4-6-14(13)16-15/h3-8H,9-12H2,1-2H3. The van der Waals surface area contributed by atoms with Crippen LogP contribution in [0.4, 0.5) is 5.82 Å². The van der Waals surface area contributed by atoms with Crippen LogP contribution in [0.2, 0.25) is 0 Å². The lowest BCUT2D eigenvalue weighted by atomic mass is 10.2. The summed E-state index contributed by atoms with van der Waals surface area (Å²) >= 11 is 0. The minimum Gasteiger partial charge on any atom is -0.354 e. The first kappa shape index (κ1) is 15.2. The van der Waals surface area contributed by atoms with Crippen LogP contribution in [0.25, 0.3) is 10.9 Å². The Bertz CT molecular complexity index is 768. The number of hydrogen-bond acceptors (Lipinski definition) is 4. The number of anilines is 1. The molecule has 0 spiro atoms. The second kappa shape index (κ2) is 5.83. The maximum atomic E-state index is 12.1. The highest BCUT2D eigenvalue weighted by Gasteiger charge is 2.28. The van der Waals surface area contributed by atoms with Crippen LogP contribution in [-0.4, -0.2) is 62.3 Å². The number of rotatable bonds is 3. The molecule has 0 radical (unpaired) electrons. The molecule has 0 N–H and O–H groups in total. The average molecular weight is 320 g/mol. The maximum Gasteiger partial charge on any atom is 0.281 e. The zero-order chi connectivity index (χ0) is 15.7. The van der Waals surface area contributed by atoms with Gasteiger partial charge >= 0.3 is 0 Å². The Hall–Kier alpha value is -1.70. The summed E-state index contributed by atoms with van der Waals surface area (Å²) in [6, 6.07) is 12.0. The minimum atomic E-state index is -3.32. The van der Waals surface area contributed by atoms with E-state index in [4.69, 9.17) is 0 Å². The number of hydrogen-bond donors (Lipinski definition) is 0. The molecule has 2 aromatic rings. The van der Waals surface area contributed by atoms with Crippen molar-refractivity contribution < 1.29 is 8.42 Å². The smallest absolute Gasteiger partial charge is 0.281 e. The SMILES string of the molecule is CN(C)S(=O)(=O)N1CCN(c2ccc3ccccc3n2)CC1. The predicted octanol–water partition coefficient (Wildman–Crippen LogP) is 1.16. The largest absolute Gasteiger partial charge is 0.354 e. The molecule has 1 aromatic carbocycles. The third-order valence-electron chi connectivity index (χ3n) is 3.93. The van der Waals surface area contributed by atoms with E-state index in [1.54, 1.807) is 14.1 Å². The van der Waals surface area contributed by atoms with E-state index in [-0.39, 0.29) is 0 Å². The molecule has 1 aliphatic rings. The summed E-state index contributed by atoms with van der Waals surface area (Å²) in [7, 11) is -0.196. The monoisotopic (exact) mass is 320 g/mol. The highest BCUT2D eigenvalue weighted by atomic mass is 32.2. The summed E-state index contributed by atoms with van der Waals surface area (Å²) < 4.78 is 27.0. The Morgan fingerprint density at radius 2 is 1.68 bits per heavy atom. The Morgan fingerprint density at radius 3 is 2.36 bits per heavy atom. The lowest BCUT2D eigenvalue weighted by Crippen LogP contribution is -2.51. The Kier molecular flexibility index (Phi) is 4.03. The van der Waals surface area contributed by atoms with E-state index in [1.807, 2.05) is 30.3 Å². The van der Waals surface area contributed by atoms with Gasteiger partial charge in [0.05, 0.1) is 5.52 Å². The Labute approximate surface area is 131 Å². The first-order valence-corrected chi connectivity index (χ1v) is 8.66. The molecule has 1 aromatic heterocycles. The summed E-state index contributed by atoms with van der Waals surface area (Å²) in [6.07, 6.45) is 0. The van der Waals surface area contributed by atoms with Crippen molar-refractivity contribution >= 4 is 26.9 Å². The van der Waals surface area contributed by atoms with E-state index in [2.05, 4.69) is 16.0 Å². The van der Waals surface area contributed by atoms with Crippen molar-refractivity contribution in [1.29, 1.82) is 0 Å². The fraction of sp³-hybridized carbons (Fsp3) is 0.400. The number of nitrogens with zero attached hydrogens (tertiary/aromatic N) is 4. The number of aromatic nitrogens is 1. The van der Waals surface area contributed by atoms with E-state index in [0.717, 1.165) is 16.7 Å². The molecule has 0 atom stereocenters. The molecule has 6 nitrogen and oxygen atoms in total. The van der Waals surface area contributed by atoms with E-state index in [9.17, 15) is 8.42 Å². The fourth-order valence-electron chi connectivity index (χ4n) is 2.61. The average Bonchev–Trinajstić information content (AvgIpc) is 2.54. The van der Waals surface area contributed by atoms with Crippen molar-refractivity contribution in [3.8, 4) is 0 Å². The molecule has 1 fully saturated rings. The molecule has 0 unspecified atom stereocenters. The molecular formula is C15H20N4O2S. The van der Waals surface area contributed by atoms with E-state index in [1.165, 1.54) is 8.61 Å². The summed E-state index contributed by atoms with van der Waals surface area (Å²) in [5, 5.41) is 1.11. The van der Waals surface area contributed by atoms with Gasteiger partial charge < -0.3 is 4.90 Å². The molecule has 0 aliphatic carbocycles. The number of pyridine rings is 1. The van der Waals surface area contributed by atoms with Gasteiger partial charge in [-0.15, -0.1) is 0 Å². The van der Waals surface area contributed by atoms with Crippen LogP contribution in [0.5, 0.6) is 0 Å². The molecule has 7 heteroatoms. The molecule has 2 heterocycles. The molecular weight excluding hydrogens is 300 g/mol.